The first-order chi connectivity index (χ1) is 12.0. The molecule has 128 valence electrons. The van der Waals surface area contributed by atoms with E-state index in [-0.39, 0.29) is 17.7 Å². The number of carbonyl (C=O) groups is 2. The molecule has 0 bridgehead atoms. The summed E-state index contributed by atoms with van der Waals surface area (Å²) in [6.07, 6.45) is 0.846. The van der Waals surface area contributed by atoms with E-state index in [1.165, 1.54) is 0 Å². The van der Waals surface area contributed by atoms with Crippen LogP contribution in [0.2, 0.25) is 0 Å². The van der Waals surface area contributed by atoms with Gasteiger partial charge in [0.2, 0.25) is 11.8 Å². The topological polar surface area (TPSA) is 92.7 Å². The zero-order valence-corrected chi connectivity index (χ0v) is 14.4. The van der Waals surface area contributed by atoms with Crippen molar-refractivity contribution in [3.8, 4) is 11.1 Å². The van der Waals surface area contributed by atoms with Crippen molar-refractivity contribution in [3.05, 3.63) is 35.3 Å². The SMILES string of the molecule is Cc1n[nH]c(C)c1-c1ccc2c(C3CCC(=O)NC3=O)nn(C)c2c1. The molecule has 1 atom stereocenters. The summed E-state index contributed by atoms with van der Waals surface area (Å²) in [6.45, 7) is 3.97. The molecule has 25 heavy (non-hydrogen) atoms. The van der Waals surface area contributed by atoms with Gasteiger partial charge in [0.25, 0.3) is 0 Å². The molecule has 1 fully saturated rings. The highest BCUT2D eigenvalue weighted by Gasteiger charge is 2.31. The van der Waals surface area contributed by atoms with Gasteiger partial charge in [-0.15, -0.1) is 0 Å². The molecule has 3 aromatic rings. The van der Waals surface area contributed by atoms with Gasteiger partial charge in [-0.1, -0.05) is 12.1 Å². The van der Waals surface area contributed by atoms with Gasteiger partial charge in [0.1, 0.15) is 0 Å². The fourth-order valence-electron chi connectivity index (χ4n) is 3.63. The van der Waals surface area contributed by atoms with Crippen molar-refractivity contribution in [3.63, 3.8) is 0 Å². The van der Waals surface area contributed by atoms with Crippen LogP contribution in [-0.2, 0) is 16.6 Å². The lowest BCUT2D eigenvalue weighted by Crippen LogP contribution is -2.39. The molecule has 2 N–H and O–H groups in total. The molecule has 0 spiro atoms. The van der Waals surface area contributed by atoms with E-state index in [9.17, 15) is 9.59 Å². The molecular weight excluding hydrogens is 318 g/mol. The average molecular weight is 337 g/mol. The molecule has 1 aromatic carbocycles. The molecule has 1 aliphatic rings. The lowest BCUT2D eigenvalue weighted by Gasteiger charge is -2.19. The summed E-state index contributed by atoms with van der Waals surface area (Å²) in [6, 6.07) is 6.11. The number of imide groups is 1. The molecule has 1 unspecified atom stereocenters. The van der Waals surface area contributed by atoms with E-state index < -0.39 is 0 Å². The lowest BCUT2D eigenvalue weighted by atomic mass is 9.92. The Morgan fingerprint density at radius 1 is 1.24 bits per heavy atom. The van der Waals surface area contributed by atoms with Crippen molar-refractivity contribution in [1.82, 2.24) is 25.3 Å². The fourth-order valence-corrected chi connectivity index (χ4v) is 3.63. The molecule has 0 aliphatic carbocycles. The molecule has 7 heteroatoms. The standard InChI is InChI=1S/C18H19N5O2/c1-9-16(10(2)21-20-9)11-4-5-12-14(8-11)23(3)22-17(12)13-6-7-15(24)19-18(13)25/h4-5,8,13H,6-7H2,1-3H3,(H,20,21)(H,19,24,25). The van der Waals surface area contributed by atoms with Crippen LogP contribution in [-0.4, -0.2) is 31.8 Å². The molecule has 2 amide bonds. The van der Waals surface area contributed by atoms with E-state index in [4.69, 9.17) is 0 Å². The number of hydrogen-bond donors (Lipinski definition) is 2. The zero-order valence-electron chi connectivity index (χ0n) is 14.4. The van der Waals surface area contributed by atoms with Crippen LogP contribution in [0.5, 0.6) is 0 Å². The molecular formula is C18H19N5O2. The van der Waals surface area contributed by atoms with Crippen LogP contribution in [0.1, 0.15) is 35.8 Å². The summed E-state index contributed by atoms with van der Waals surface area (Å²) in [4.78, 5) is 23.6. The Labute approximate surface area is 144 Å². The van der Waals surface area contributed by atoms with E-state index >= 15 is 0 Å². The van der Waals surface area contributed by atoms with Crippen LogP contribution < -0.4 is 5.32 Å². The summed E-state index contributed by atoms with van der Waals surface area (Å²) in [7, 11) is 1.87. The average Bonchev–Trinajstić information content (AvgIpc) is 3.07. The number of H-pyrrole nitrogens is 1. The molecule has 4 rings (SSSR count). The van der Waals surface area contributed by atoms with Crippen LogP contribution in [0.15, 0.2) is 18.2 Å². The van der Waals surface area contributed by atoms with Crippen molar-refractivity contribution in [2.24, 2.45) is 7.05 Å². The minimum Gasteiger partial charge on any atom is -0.296 e. The number of nitrogens with one attached hydrogen (secondary N) is 2. The molecule has 1 aliphatic heterocycles. The number of benzene rings is 1. The van der Waals surface area contributed by atoms with E-state index in [2.05, 4.69) is 26.7 Å². The van der Waals surface area contributed by atoms with Crippen LogP contribution >= 0.6 is 0 Å². The largest absolute Gasteiger partial charge is 0.296 e. The Bertz CT molecular complexity index is 995. The Kier molecular flexibility index (Phi) is 3.45. The number of aromatic amines is 1. The number of hydrogen-bond acceptors (Lipinski definition) is 4. The third-order valence-corrected chi connectivity index (χ3v) is 4.87. The minimum atomic E-state index is -0.385. The summed E-state index contributed by atoms with van der Waals surface area (Å²) < 4.78 is 1.79. The number of aromatic nitrogens is 4. The van der Waals surface area contributed by atoms with E-state index in [0.717, 1.165) is 39.1 Å². The summed E-state index contributed by atoms with van der Waals surface area (Å²) in [5.74, 6) is -0.860. The maximum atomic E-state index is 12.2. The number of aryl methyl sites for hydroxylation is 3. The molecule has 1 saturated heterocycles. The van der Waals surface area contributed by atoms with Crippen LogP contribution in [0, 0.1) is 13.8 Å². The van der Waals surface area contributed by atoms with Gasteiger partial charge >= 0.3 is 0 Å². The molecule has 3 heterocycles. The van der Waals surface area contributed by atoms with E-state index in [1.807, 2.05) is 33.0 Å². The Morgan fingerprint density at radius 3 is 2.72 bits per heavy atom. The van der Waals surface area contributed by atoms with Crippen molar-refractivity contribution >= 4 is 22.7 Å². The highest BCUT2D eigenvalue weighted by molar-refractivity contribution is 6.02. The number of fused-ring (bicyclic) bond motifs is 1. The van der Waals surface area contributed by atoms with Crippen molar-refractivity contribution < 1.29 is 9.59 Å². The van der Waals surface area contributed by atoms with Gasteiger partial charge in [-0.2, -0.15) is 10.2 Å². The van der Waals surface area contributed by atoms with Gasteiger partial charge in [0.15, 0.2) is 0 Å². The second-order valence-electron chi connectivity index (χ2n) is 6.55. The van der Waals surface area contributed by atoms with Crippen molar-refractivity contribution in [1.29, 1.82) is 0 Å². The second kappa shape index (κ2) is 5.54. The first kappa shape index (κ1) is 15.6. The Morgan fingerprint density at radius 2 is 2.04 bits per heavy atom. The maximum absolute atomic E-state index is 12.2. The van der Waals surface area contributed by atoms with Crippen LogP contribution in [0.25, 0.3) is 22.0 Å². The number of carbonyl (C=O) groups excluding carboxylic acids is 2. The minimum absolute atomic E-state index is 0.213. The van der Waals surface area contributed by atoms with E-state index in [1.54, 1.807) is 4.68 Å². The number of amides is 2. The van der Waals surface area contributed by atoms with Gasteiger partial charge in [-0.05, 0) is 31.9 Å². The van der Waals surface area contributed by atoms with E-state index in [0.29, 0.717) is 12.8 Å². The van der Waals surface area contributed by atoms with Gasteiger partial charge in [0.05, 0.1) is 22.8 Å². The molecule has 0 radical (unpaired) electrons. The maximum Gasteiger partial charge on any atom is 0.235 e. The van der Waals surface area contributed by atoms with Gasteiger partial charge in [-0.3, -0.25) is 24.7 Å². The Hall–Kier alpha value is -2.96. The zero-order chi connectivity index (χ0) is 17.7. The predicted molar refractivity (Wildman–Crippen MR) is 92.9 cm³/mol. The van der Waals surface area contributed by atoms with Crippen LogP contribution in [0.3, 0.4) is 0 Å². The third kappa shape index (κ3) is 2.43. The summed E-state index contributed by atoms with van der Waals surface area (Å²) >= 11 is 0. The molecule has 2 aromatic heterocycles. The Balaban J connectivity index is 1.82. The fraction of sp³-hybridized carbons (Fsp3) is 0.333. The quantitative estimate of drug-likeness (QED) is 0.700. The first-order valence-corrected chi connectivity index (χ1v) is 8.28. The first-order valence-electron chi connectivity index (χ1n) is 8.28. The lowest BCUT2D eigenvalue weighted by molar-refractivity contribution is -0.134. The monoisotopic (exact) mass is 337 g/mol. The van der Waals surface area contributed by atoms with Gasteiger partial charge < -0.3 is 0 Å². The highest BCUT2D eigenvalue weighted by atomic mass is 16.2. The molecule has 0 saturated carbocycles. The normalized spacial score (nSPS) is 18.0. The predicted octanol–water partition coefficient (Wildman–Crippen LogP) is 2.10. The van der Waals surface area contributed by atoms with Crippen molar-refractivity contribution in [2.45, 2.75) is 32.6 Å². The van der Waals surface area contributed by atoms with Gasteiger partial charge in [-0.25, -0.2) is 0 Å². The van der Waals surface area contributed by atoms with Crippen molar-refractivity contribution in [2.75, 3.05) is 0 Å². The van der Waals surface area contributed by atoms with Crippen LogP contribution in [0.4, 0.5) is 0 Å². The summed E-state index contributed by atoms with van der Waals surface area (Å²) in [5.41, 5.74) is 5.81. The molecule has 7 nitrogen and oxygen atoms in total. The highest BCUT2D eigenvalue weighted by Crippen LogP contribution is 2.33. The summed E-state index contributed by atoms with van der Waals surface area (Å²) in [5, 5.41) is 15.2. The number of nitrogens with zero attached hydrogens (tertiary/aromatic N) is 3. The third-order valence-electron chi connectivity index (χ3n) is 4.87. The smallest absolute Gasteiger partial charge is 0.235 e. The second-order valence-corrected chi connectivity index (χ2v) is 6.55. The number of piperidine rings is 1. The number of rotatable bonds is 2. The van der Waals surface area contributed by atoms with Gasteiger partial charge in [0, 0.05) is 30.1 Å².